The molecule has 1 aliphatic rings. The zero-order chi connectivity index (χ0) is 10.8. The number of ether oxygens (including phenoxy) is 1. The van der Waals surface area contributed by atoms with Crippen molar-refractivity contribution < 1.29 is 4.74 Å². The Labute approximate surface area is 94.3 Å². The van der Waals surface area contributed by atoms with Gasteiger partial charge in [0.15, 0.2) is 10.2 Å². The summed E-state index contributed by atoms with van der Waals surface area (Å²) < 4.78 is 5.90. The average molecular weight is 227 g/mol. The van der Waals surface area contributed by atoms with E-state index in [4.69, 9.17) is 4.74 Å². The zero-order valence-corrected chi connectivity index (χ0v) is 10.2. The number of rotatable bonds is 3. The second kappa shape index (κ2) is 4.37. The molecule has 1 atom stereocenters. The lowest BCUT2D eigenvalue weighted by Gasteiger charge is -2.10. The molecule has 1 aromatic rings. The van der Waals surface area contributed by atoms with Crippen molar-refractivity contribution in [3.05, 3.63) is 5.69 Å². The lowest BCUT2D eigenvalue weighted by Crippen LogP contribution is -2.19. The average Bonchev–Trinajstić information content (AvgIpc) is 2.77. The molecule has 1 saturated heterocycles. The van der Waals surface area contributed by atoms with Crippen molar-refractivity contribution in [2.45, 2.75) is 19.4 Å². The van der Waals surface area contributed by atoms with Crippen molar-refractivity contribution in [1.82, 2.24) is 10.3 Å². The molecule has 2 heterocycles. The van der Waals surface area contributed by atoms with Crippen LogP contribution in [-0.4, -0.2) is 38.3 Å². The Hall–Kier alpha value is -0.810. The number of thiazole rings is 1. The third-order valence-electron chi connectivity index (χ3n) is 2.41. The van der Waals surface area contributed by atoms with Crippen LogP contribution in [-0.2, 0) is 0 Å². The van der Waals surface area contributed by atoms with E-state index in [2.05, 4.69) is 10.3 Å². The van der Waals surface area contributed by atoms with Gasteiger partial charge in [0.25, 0.3) is 0 Å². The van der Waals surface area contributed by atoms with Gasteiger partial charge in [0.1, 0.15) is 6.10 Å². The van der Waals surface area contributed by atoms with Gasteiger partial charge in [0.05, 0.1) is 5.69 Å². The Morgan fingerprint density at radius 2 is 2.33 bits per heavy atom. The summed E-state index contributed by atoms with van der Waals surface area (Å²) in [5.41, 5.74) is 0.996. The minimum absolute atomic E-state index is 0.319. The van der Waals surface area contributed by atoms with Crippen LogP contribution in [0.3, 0.4) is 0 Å². The molecule has 0 bridgehead atoms. The molecule has 0 aliphatic carbocycles. The van der Waals surface area contributed by atoms with E-state index in [0.29, 0.717) is 6.10 Å². The smallest absolute Gasteiger partial charge is 0.199 e. The molecule has 0 radical (unpaired) electrons. The van der Waals surface area contributed by atoms with Gasteiger partial charge in [-0.15, -0.1) is 0 Å². The molecular weight excluding hydrogens is 210 g/mol. The van der Waals surface area contributed by atoms with Crippen molar-refractivity contribution in [3.8, 4) is 5.06 Å². The van der Waals surface area contributed by atoms with Crippen molar-refractivity contribution >= 4 is 16.5 Å². The van der Waals surface area contributed by atoms with Gasteiger partial charge in [-0.3, -0.25) is 0 Å². The fourth-order valence-electron chi connectivity index (χ4n) is 1.55. The topological polar surface area (TPSA) is 37.4 Å². The maximum atomic E-state index is 5.90. The van der Waals surface area contributed by atoms with Crippen LogP contribution in [0, 0.1) is 6.92 Å². The Balaban J connectivity index is 2.06. The standard InChI is InChI=1S/C10H17N3OS/c1-7-9(14-8-4-5-11-6-8)15-10(12-7)13(2)3/h8,11H,4-6H2,1-3H3. The van der Waals surface area contributed by atoms with Gasteiger partial charge < -0.3 is 15.0 Å². The minimum Gasteiger partial charge on any atom is -0.478 e. The monoisotopic (exact) mass is 227 g/mol. The molecule has 1 N–H and O–H groups in total. The predicted molar refractivity (Wildman–Crippen MR) is 63.1 cm³/mol. The Kier molecular flexibility index (Phi) is 3.11. The molecule has 2 rings (SSSR count). The van der Waals surface area contributed by atoms with Crippen LogP contribution >= 0.6 is 11.3 Å². The lowest BCUT2D eigenvalue weighted by atomic mass is 10.3. The zero-order valence-electron chi connectivity index (χ0n) is 9.41. The number of nitrogens with one attached hydrogen (secondary N) is 1. The molecule has 1 aliphatic heterocycles. The largest absolute Gasteiger partial charge is 0.478 e. The van der Waals surface area contributed by atoms with E-state index >= 15 is 0 Å². The highest BCUT2D eigenvalue weighted by Gasteiger charge is 2.19. The van der Waals surface area contributed by atoms with Crippen molar-refractivity contribution in [2.24, 2.45) is 0 Å². The summed E-state index contributed by atoms with van der Waals surface area (Å²) in [7, 11) is 4.00. The third-order valence-corrected chi connectivity index (χ3v) is 3.63. The van der Waals surface area contributed by atoms with Gasteiger partial charge in [-0.1, -0.05) is 11.3 Å². The molecule has 0 amide bonds. The van der Waals surface area contributed by atoms with E-state index in [0.717, 1.165) is 35.4 Å². The quantitative estimate of drug-likeness (QED) is 0.843. The van der Waals surface area contributed by atoms with Gasteiger partial charge in [0, 0.05) is 20.6 Å². The first-order chi connectivity index (χ1) is 7.16. The molecule has 1 aromatic heterocycles. The summed E-state index contributed by atoms with van der Waals surface area (Å²) in [5, 5.41) is 5.26. The fourth-order valence-corrected chi connectivity index (χ4v) is 2.46. The molecule has 0 spiro atoms. The summed E-state index contributed by atoms with van der Waals surface area (Å²) in [6.07, 6.45) is 1.41. The van der Waals surface area contributed by atoms with Crippen LogP contribution in [0.5, 0.6) is 5.06 Å². The number of aryl methyl sites for hydroxylation is 1. The van der Waals surface area contributed by atoms with Gasteiger partial charge in [0.2, 0.25) is 0 Å². The Bertz CT molecular complexity index is 331. The maximum Gasteiger partial charge on any atom is 0.199 e. The van der Waals surface area contributed by atoms with Crippen LogP contribution in [0.25, 0.3) is 0 Å². The first kappa shape index (κ1) is 10.7. The second-order valence-electron chi connectivity index (χ2n) is 4.00. The first-order valence-electron chi connectivity index (χ1n) is 5.19. The van der Waals surface area contributed by atoms with E-state index in [-0.39, 0.29) is 0 Å². The van der Waals surface area contributed by atoms with Gasteiger partial charge in [-0.05, 0) is 19.9 Å². The number of nitrogens with zero attached hydrogens (tertiary/aromatic N) is 2. The van der Waals surface area contributed by atoms with E-state index in [1.807, 2.05) is 25.9 Å². The predicted octanol–water partition coefficient (Wildman–Crippen LogP) is 1.26. The van der Waals surface area contributed by atoms with Crippen LogP contribution in [0.2, 0.25) is 0 Å². The second-order valence-corrected chi connectivity index (χ2v) is 4.94. The summed E-state index contributed by atoms with van der Waals surface area (Å²) in [4.78, 5) is 6.46. The van der Waals surface area contributed by atoms with Crippen molar-refractivity contribution in [1.29, 1.82) is 0 Å². The van der Waals surface area contributed by atoms with E-state index in [1.54, 1.807) is 11.3 Å². The summed E-state index contributed by atoms with van der Waals surface area (Å²) in [6.45, 7) is 4.01. The highest BCUT2D eigenvalue weighted by atomic mass is 32.1. The molecule has 1 fully saturated rings. The van der Waals surface area contributed by atoms with Crippen LogP contribution in [0.15, 0.2) is 0 Å². The van der Waals surface area contributed by atoms with Gasteiger partial charge >= 0.3 is 0 Å². The number of hydrogen-bond acceptors (Lipinski definition) is 5. The normalized spacial score (nSPS) is 20.6. The van der Waals surface area contributed by atoms with E-state index in [9.17, 15) is 0 Å². The Morgan fingerprint density at radius 1 is 1.53 bits per heavy atom. The molecule has 1 unspecified atom stereocenters. The van der Waals surface area contributed by atoms with Gasteiger partial charge in [-0.2, -0.15) is 0 Å². The van der Waals surface area contributed by atoms with Crippen molar-refractivity contribution in [3.63, 3.8) is 0 Å². The van der Waals surface area contributed by atoms with Crippen LogP contribution in [0.1, 0.15) is 12.1 Å². The summed E-state index contributed by atoms with van der Waals surface area (Å²) in [5.74, 6) is 0. The van der Waals surface area contributed by atoms with Gasteiger partial charge in [-0.25, -0.2) is 4.98 Å². The lowest BCUT2D eigenvalue weighted by molar-refractivity contribution is 0.228. The van der Waals surface area contributed by atoms with Crippen LogP contribution in [0.4, 0.5) is 5.13 Å². The van der Waals surface area contributed by atoms with E-state index in [1.165, 1.54) is 0 Å². The van der Waals surface area contributed by atoms with E-state index < -0.39 is 0 Å². The number of hydrogen-bond donors (Lipinski definition) is 1. The number of aromatic nitrogens is 1. The molecule has 5 heteroatoms. The Morgan fingerprint density at radius 3 is 2.87 bits per heavy atom. The minimum atomic E-state index is 0.319. The molecule has 15 heavy (non-hydrogen) atoms. The first-order valence-corrected chi connectivity index (χ1v) is 6.00. The number of anilines is 1. The van der Waals surface area contributed by atoms with Crippen molar-refractivity contribution in [2.75, 3.05) is 32.1 Å². The molecular formula is C10H17N3OS. The molecule has 84 valence electrons. The third kappa shape index (κ3) is 2.41. The highest BCUT2D eigenvalue weighted by molar-refractivity contribution is 7.17. The fraction of sp³-hybridized carbons (Fsp3) is 0.700. The summed E-state index contributed by atoms with van der Waals surface area (Å²) in [6, 6.07) is 0. The maximum absolute atomic E-state index is 5.90. The highest BCUT2D eigenvalue weighted by Crippen LogP contribution is 2.32. The molecule has 0 saturated carbocycles. The SMILES string of the molecule is Cc1nc(N(C)C)sc1OC1CCNC1. The molecule has 4 nitrogen and oxygen atoms in total. The summed E-state index contributed by atoms with van der Waals surface area (Å²) >= 11 is 1.62. The molecule has 0 aromatic carbocycles. The van der Waals surface area contributed by atoms with Crippen LogP contribution < -0.4 is 15.0 Å².